The van der Waals surface area contributed by atoms with E-state index >= 15 is 0 Å². The van der Waals surface area contributed by atoms with Crippen LogP contribution in [0.1, 0.15) is 54.4 Å². The number of aryl methyl sites for hydroxylation is 1. The summed E-state index contributed by atoms with van der Waals surface area (Å²) in [4.78, 5) is 19.4. The second kappa shape index (κ2) is 7.70. The molecule has 0 bridgehead atoms. The SMILES string of the molecule is CCCc1cccc(C2(c3ccc(OC(F)F)c(C4CC4)c3)N=C(N)N(C)C2=O)c1. The Morgan fingerprint density at radius 2 is 1.97 bits per heavy atom. The molecule has 2 aliphatic rings. The minimum atomic E-state index is -2.90. The Labute approximate surface area is 174 Å². The predicted octanol–water partition coefficient (Wildman–Crippen LogP) is 4.15. The van der Waals surface area contributed by atoms with E-state index < -0.39 is 12.2 Å². The van der Waals surface area contributed by atoms with Crippen molar-refractivity contribution < 1.29 is 18.3 Å². The highest BCUT2D eigenvalue weighted by atomic mass is 19.3. The average Bonchev–Trinajstić information content (AvgIpc) is 3.53. The molecule has 2 aromatic carbocycles. The smallest absolute Gasteiger partial charge is 0.387 e. The topological polar surface area (TPSA) is 67.9 Å². The number of amides is 1. The predicted molar refractivity (Wildman–Crippen MR) is 111 cm³/mol. The lowest BCUT2D eigenvalue weighted by molar-refractivity contribution is -0.129. The first-order chi connectivity index (χ1) is 14.4. The summed E-state index contributed by atoms with van der Waals surface area (Å²) in [6.45, 7) is -0.808. The number of hydrogen-bond acceptors (Lipinski definition) is 4. The van der Waals surface area contributed by atoms with Crippen molar-refractivity contribution in [1.29, 1.82) is 0 Å². The zero-order valence-corrected chi connectivity index (χ0v) is 17.1. The minimum Gasteiger partial charge on any atom is -0.435 e. The van der Waals surface area contributed by atoms with Crippen LogP contribution in [-0.2, 0) is 16.8 Å². The number of nitrogens with zero attached hydrogens (tertiary/aromatic N) is 2. The maximum Gasteiger partial charge on any atom is 0.387 e. The highest BCUT2D eigenvalue weighted by molar-refractivity contribution is 6.09. The van der Waals surface area contributed by atoms with Crippen LogP contribution in [0.2, 0.25) is 0 Å². The van der Waals surface area contributed by atoms with Crippen LogP contribution in [0.3, 0.4) is 0 Å². The third kappa shape index (κ3) is 3.42. The summed E-state index contributed by atoms with van der Waals surface area (Å²) in [6.07, 6.45) is 3.66. The number of aliphatic imine (C=N–C) groups is 1. The highest BCUT2D eigenvalue weighted by Gasteiger charge is 2.50. The number of benzene rings is 2. The normalized spacial score (nSPS) is 21.3. The van der Waals surface area contributed by atoms with Gasteiger partial charge >= 0.3 is 6.61 Å². The average molecular weight is 413 g/mol. The van der Waals surface area contributed by atoms with Crippen molar-refractivity contribution in [3.8, 4) is 5.75 Å². The van der Waals surface area contributed by atoms with E-state index in [9.17, 15) is 13.6 Å². The fraction of sp³-hybridized carbons (Fsp3) is 0.391. The van der Waals surface area contributed by atoms with Crippen LogP contribution < -0.4 is 10.5 Å². The third-order valence-corrected chi connectivity index (χ3v) is 5.78. The van der Waals surface area contributed by atoms with E-state index in [0.29, 0.717) is 11.1 Å². The molecule has 1 fully saturated rings. The van der Waals surface area contributed by atoms with Gasteiger partial charge in [0, 0.05) is 7.05 Å². The molecule has 7 heteroatoms. The van der Waals surface area contributed by atoms with Gasteiger partial charge in [-0.1, -0.05) is 43.7 Å². The first kappa shape index (κ1) is 20.3. The Kier molecular flexibility index (Phi) is 5.22. The van der Waals surface area contributed by atoms with Crippen LogP contribution in [0.5, 0.6) is 5.75 Å². The lowest BCUT2D eigenvalue weighted by Crippen LogP contribution is -2.41. The van der Waals surface area contributed by atoms with Crippen molar-refractivity contribution in [1.82, 2.24) is 4.90 Å². The first-order valence-electron chi connectivity index (χ1n) is 10.2. The second-order valence-corrected chi connectivity index (χ2v) is 7.90. The van der Waals surface area contributed by atoms with Gasteiger partial charge in [0.2, 0.25) is 0 Å². The Morgan fingerprint density at radius 3 is 2.57 bits per heavy atom. The lowest BCUT2D eigenvalue weighted by Gasteiger charge is -2.27. The fourth-order valence-electron chi connectivity index (χ4n) is 4.11. The lowest BCUT2D eigenvalue weighted by atomic mass is 9.81. The third-order valence-electron chi connectivity index (χ3n) is 5.78. The van der Waals surface area contributed by atoms with Crippen LogP contribution >= 0.6 is 0 Å². The molecule has 5 nitrogen and oxygen atoms in total. The van der Waals surface area contributed by atoms with E-state index in [1.165, 1.54) is 11.0 Å². The zero-order chi connectivity index (χ0) is 21.5. The summed E-state index contributed by atoms with van der Waals surface area (Å²) in [5, 5.41) is 0. The van der Waals surface area contributed by atoms with Crippen molar-refractivity contribution in [2.75, 3.05) is 7.05 Å². The molecule has 30 heavy (non-hydrogen) atoms. The van der Waals surface area contributed by atoms with Crippen molar-refractivity contribution >= 4 is 11.9 Å². The van der Waals surface area contributed by atoms with Gasteiger partial charge in [0.1, 0.15) is 5.75 Å². The number of carbonyl (C=O) groups is 1. The molecular formula is C23H25F2N3O2. The largest absolute Gasteiger partial charge is 0.435 e. The Bertz CT molecular complexity index is 1000. The summed E-state index contributed by atoms with van der Waals surface area (Å²) in [5.74, 6) is 0.166. The van der Waals surface area contributed by atoms with Crippen molar-refractivity contribution in [2.24, 2.45) is 10.7 Å². The van der Waals surface area contributed by atoms with Crippen molar-refractivity contribution in [3.63, 3.8) is 0 Å². The van der Waals surface area contributed by atoms with E-state index in [0.717, 1.165) is 36.8 Å². The van der Waals surface area contributed by atoms with Gasteiger partial charge in [0.05, 0.1) is 0 Å². The molecule has 0 aromatic heterocycles. The number of carbonyl (C=O) groups excluding carboxylic acids is 1. The first-order valence-corrected chi connectivity index (χ1v) is 10.2. The number of nitrogens with two attached hydrogens (primary N) is 1. The molecule has 0 spiro atoms. The minimum absolute atomic E-state index is 0.127. The zero-order valence-electron chi connectivity index (χ0n) is 17.1. The van der Waals surface area contributed by atoms with E-state index in [-0.39, 0.29) is 23.5 Å². The molecule has 158 valence electrons. The second-order valence-electron chi connectivity index (χ2n) is 7.90. The molecule has 1 amide bonds. The number of ether oxygens (including phenoxy) is 1. The van der Waals surface area contributed by atoms with Crippen LogP contribution in [0.4, 0.5) is 8.78 Å². The molecule has 1 aliphatic carbocycles. The van der Waals surface area contributed by atoms with Crippen LogP contribution in [-0.4, -0.2) is 30.4 Å². The monoisotopic (exact) mass is 413 g/mol. The number of hydrogen-bond donors (Lipinski definition) is 1. The van der Waals surface area contributed by atoms with Gasteiger partial charge in [0.25, 0.3) is 5.91 Å². The summed E-state index contributed by atoms with van der Waals surface area (Å²) in [7, 11) is 1.59. The Morgan fingerprint density at radius 1 is 1.23 bits per heavy atom. The van der Waals surface area contributed by atoms with Gasteiger partial charge in [-0.2, -0.15) is 8.78 Å². The van der Waals surface area contributed by atoms with Gasteiger partial charge in [0.15, 0.2) is 11.5 Å². The molecule has 1 aliphatic heterocycles. The summed E-state index contributed by atoms with van der Waals surface area (Å²) < 4.78 is 30.5. The van der Waals surface area contributed by atoms with Crippen LogP contribution in [0.25, 0.3) is 0 Å². The summed E-state index contributed by atoms with van der Waals surface area (Å²) in [5.41, 5.74) is 7.83. The van der Waals surface area contributed by atoms with Crippen molar-refractivity contribution in [2.45, 2.75) is 50.7 Å². The molecule has 4 rings (SSSR count). The number of halogens is 2. The molecule has 1 saturated carbocycles. The van der Waals surface area contributed by atoms with Crippen LogP contribution in [0, 0.1) is 0 Å². The van der Waals surface area contributed by atoms with Gasteiger partial charge in [-0.3, -0.25) is 9.69 Å². The molecular weight excluding hydrogens is 388 g/mol. The van der Waals surface area contributed by atoms with E-state index in [4.69, 9.17) is 10.5 Å². The van der Waals surface area contributed by atoms with Gasteiger partial charge in [-0.25, -0.2) is 4.99 Å². The molecule has 1 unspecified atom stereocenters. The van der Waals surface area contributed by atoms with Crippen molar-refractivity contribution in [3.05, 3.63) is 64.7 Å². The number of rotatable bonds is 7. The fourth-order valence-corrected chi connectivity index (χ4v) is 4.11. The standard InChI is InChI=1S/C23H25F2N3O2/c1-3-5-14-6-4-7-16(12-14)23(20(29)28(2)22(26)27-23)17-10-11-19(30-21(24)25)18(13-17)15-8-9-15/h4,6-7,10-13,15,21H,3,5,8-9H2,1-2H3,(H2,26,27). The maximum atomic E-state index is 13.4. The maximum absolute atomic E-state index is 13.4. The van der Waals surface area contributed by atoms with Gasteiger partial charge < -0.3 is 10.5 Å². The van der Waals surface area contributed by atoms with Crippen LogP contribution in [0.15, 0.2) is 47.5 Å². The van der Waals surface area contributed by atoms with E-state index in [2.05, 4.69) is 11.9 Å². The summed E-state index contributed by atoms with van der Waals surface area (Å²) in [6, 6.07) is 12.7. The quantitative estimate of drug-likeness (QED) is 0.742. The molecule has 2 N–H and O–H groups in total. The van der Waals surface area contributed by atoms with Gasteiger partial charge in [-0.15, -0.1) is 0 Å². The molecule has 1 atom stereocenters. The Hall–Kier alpha value is -2.96. The molecule has 1 heterocycles. The Balaban J connectivity index is 1.89. The number of alkyl halides is 2. The van der Waals surface area contributed by atoms with E-state index in [1.807, 2.05) is 24.3 Å². The summed E-state index contributed by atoms with van der Waals surface area (Å²) >= 11 is 0. The van der Waals surface area contributed by atoms with E-state index in [1.54, 1.807) is 19.2 Å². The highest BCUT2D eigenvalue weighted by Crippen LogP contribution is 2.48. The molecule has 2 aromatic rings. The number of likely N-dealkylation sites (N-methyl/N-ethyl adjacent to an activating group) is 1. The molecule has 0 saturated heterocycles. The van der Waals surface area contributed by atoms with Gasteiger partial charge in [-0.05, 0) is 59.6 Å². The molecule has 0 radical (unpaired) electrons. The number of guanidine groups is 1.